The SMILES string of the molecule is COc1cccc(-n2cnc(C(=O)N3[C@H]4CCC[C@@H]3c3nn(C)c(-c5cc(F)c(F)c(F)c5)c3C4)n2)c1. The van der Waals surface area contributed by atoms with Crippen LogP contribution < -0.4 is 4.74 Å². The van der Waals surface area contributed by atoms with Crippen molar-refractivity contribution in [3.05, 3.63) is 77.3 Å². The predicted octanol–water partition coefficient (Wildman–Crippen LogP) is 4.39. The van der Waals surface area contributed by atoms with E-state index in [4.69, 9.17) is 4.74 Å². The molecule has 0 N–H and O–H groups in total. The molecule has 37 heavy (non-hydrogen) atoms. The molecular formula is C26H23F3N6O2. The Morgan fingerprint density at radius 3 is 2.62 bits per heavy atom. The predicted molar refractivity (Wildman–Crippen MR) is 127 cm³/mol. The molecule has 0 aliphatic carbocycles. The summed E-state index contributed by atoms with van der Waals surface area (Å²) in [7, 11) is 3.26. The minimum atomic E-state index is -1.51. The molecule has 4 heterocycles. The third-order valence-corrected chi connectivity index (χ3v) is 7.17. The summed E-state index contributed by atoms with van der Waals surface area (Å²) in [5, 5.41) is 9.08. The zero-order valence-electron chi connectivity index (χ0n) is 20.2. The first-order chi connectivity index (χ1) is 17.9. The lowest BCUT2D eigenvalue weighted by molar-refractivity contribution is 0.0379. The van der Waals surface area contributed by atoms with Crippen molar-refractivity contribution >= 4 is 5.91 Å². The molecule has 1 amide bonds. The zero-order valence-corrected chi connectivity index (χ0v) is 20.2. The molecule has 1 fully saturated rings. The second-order valence-electron chi connectivity index (χ2n) is 9.32. The van der Waals surface area contributed by atoms with Gasteiger partial charge in [0.1, 0.15) is 12.1 Å². The maximum absolute atomic E-state index is 14.0. The van der Waals surface area contributed by atoms with E-state index in [1.807, 2.05) is 18.2 Å². The molecule has 0 unspecified atom stereocenters. The first kappa shape index (κ1) is 23.3. The van der Waals surface area contributed by atoms with Crippen LogP contribution in [0.4, 0.5) is 13.2 Å². The molecule has 11 heteroatoms. The molecule has 2 aliphatic heterocycles. The average molecular weight is 509 g/mol. The molecule has 2 aromatic carbocycles. The first-order valence-corrected chi connectivity index (χ1v) is 11.9. The molecule has 2 atom stereocenters. The van der Waals surface area contributed by atoms with E-state index < -0.39 is 17.5 Å². The molecular weight excluding hydrogens is 485 g/mol. The van der Waals surface area contributed by atoms with E-state index in [2.05, 4.69) is 15.2 Å². The van der Waals surface area contributed by atoms with Crippen LogP contribution in [0.3, 0.4) is 0 Å². The number of ether oxygens (including phenoxy) is 1. The topological polar surface area (TPSA) is 78.1 Å². The Hall–Kier alpha value is -4.15. The Labute approximate surface area is 210 Å². The number of hydrogen-bond donors (Lipinski definition) is 0. The number of carbonyl (C=O) groups is 1. The summed E-state index contributed by atoms with van der Waals surface area (Å²) in [6, 6.07) is 8.76. The van der Waals surface area contributed by atoms with Crippen molar-refractivity contribution in [3.8, 4) is 22.7 Å². The van der Waals surface area contributed by atoms with Crippen molar-refractivity contribution in [3.63, 3.8) is 0 Å². The fourth-order valence-corrected chi connectivity index (χ4v) is 5.56. The lowest BCUT2D eigenvalue weighted by Gasteiger charge is -2.44. The van der Waals surface area contributed by atoms with E-state index in [1.165, 1.54) is 11.0 Å². The number of fused-ring (bicyclic) bond motifs is 4. The largest absolute Gasteiger partial charge is 0.497 e. The number of nitrogens with zero attached hydrogens (tertiary/aromatic N) is 6. The lowest BCUT2D eigenvalue weighted by atomic mass is 9.81. The Morgan fingerprint density at radius 1 is 1.08 bits per heavy atom. The van der Waals surface area contributed by atoms with Crippen molar-refractivity contribution < 1.29 is 22.7 Å². The number of amides is 1. The quantitative estimate of drug-likeness (QED) is 0.382. The number of aryl methyl sites for hydroxylation is 1. The van der Waals surface area contributed by atoms with Gasteiger partial charge in [-0.1, -0.05) is 6.07 Å². The summed E-state index contributed by atoms with van der Waals surface area (Å²) in [5.74, 6) is -3.58. The van der Waals surface area contributed by atoms with Crippen LogP contribution in [0.2, 0.25) is 0 Å². The van der Waals surface area contributed by atoms with Crippen molar-refractivity contribution in [2.75, 3.05) is 7.11 Å². The minimum Gasteiger partial charge on any atom is -0.497 e. The summed E-state index contributed by atoms with van der Waals surface area (Å²) >= 11 is 0. The van der Waals surface area contributed by atoms with Crippen molar-refractivity contribution in [1.82, 2.24) is 29.4 Å². The van der Waals surface area contributed by atoms with Crippen LogP contribution in [-0.2, 0) is 13.5 Å². The van der Waals surface area contributed by atoms with Crippen LogP contribution >= 0.6 is 0 Å². The van der Waals surface area contributed by atoms with Gasteiger partial charge >= 0.3 is 0 Å². The van der Waals surface area contributed by atoms with Gasteiger partial charge in [-0.2, -0.15) is 5.10 Å². The van der Waals surface area contributed by atoms with Crippen molar-refractivity contribution in [2.24, 2.45) is 7.05 Å². The normalized spacial score (nSPS) is 18.6. The smallest absolute Gasteiger partial charge is 0.294 e. The number of methoxy groups -OCH3 is 1. The molecule has 0 radical (unpaired) electrons. The summed E-state index contributed by atoms with van der Waals surface area (Å²) in [6.45, 7) is 0. The number of halogens is 3. The number of carbonyl (C=O) groups excluding carboxylic acids is 1. The molecule has 8 nitrogen and oxygen atoms in total. The number of piperidine rings is 1. The van der Waals surface area contributed by atoms with Crippen LogP contribution in [0.5, 0.6) is 5.75 Å². The van der Waals surface area contributed by atoms with Gasteiger partial charge in [-0.3, -0.25) is 9.48 Å². The van der Waals surface area contributed by atoms with E-state index >= 15 is 0 Å². The average Bonchev–Trinajstić information content (AvgIpc) is 3.51. The molecule has 2 bridgehead atoms. The van der Waals surface area contributed by atoms with E-state index in [1.54, 1.807) is 29.8 Å². The Kier molecular flexibility index (Phi) is 5.50. The third kappa shape index (κ3) is 3.76. The van der Waals surface area contributed by atoms with Gasteiger partial charge in [-0.25, -0.2) is 22.8 Å². The minimum absolute atomic E-state index is 0.0713. The van der Waals surface area contributed by atoms with Gasteiger partial charge in [0, 0.05) is 30.3 Å². The maximum atomic E-state index is 14.0. The standard InChI is InChI=1S/C26H23F3N6O2/c1-33-24(14-9-19(27)22(29)20(28)10-14)18-12-16-6-4-8-21(23(18)31-33)35(16)26(36)25-30-13-34(32-25)15-5-3-7-17(11-15)37-2/h3,5,7,9-11,13,16,21H,4,6,8,12H2,1-2H3/t16-,21+/m0/s1. The monoisotopic (exact) mass is 508 g/mol. The number of benzene rings is 2. The molecule has 0 saturated carbocycles. The lowest BCUT2D eigenvalue weighted by Crippen LogP contribution is -2.50. The van der Waals surface area contributed by atoms with Crippen molar-refractivity contribution in [2.45, 2.75) is 37.8 Å². The van der Waals surface area contributed by atoms with Gasteiger partial charge in [0.15, 0.2) is 17.5 Å². The molecule has 4 aromatic rings. The van der Waals surface area contributed by atoms with Gasteiger partial charge in [0.05, 0.1) is 30.2 Å². The highest BCUT2D eigenvalue weighted by atomic mass is 19.2. The highest BCUT2D eigenvalue weighted by molar-refractivity contribution is 5.91. The second-order valence-corrected chi connectivity index (χ2v) is 9.32. The third-order valence-electron chi connectivity index (χ3n) is 7.17. The highest BCUT2D eigenvalue weighted by Crippen LogP contribution is 2.45. The Bertz CT molecular complexity index is 1510. The van der Waals surface area contributed by atoms with E-state index in [0.29, 0.717) is 35.7 Å². The molecule has 2 aromatic heterocycles. The Balaban J connectivity index is 1.35. The van der Waals surface area contributed by atoms with E-state index in [0.717, 1.165) is 30.5 Å². The van der Waals surface area contributed by atoms with Gasteiger partial charge in [-0.05, 0) is 49.9 Å². The van der Waals surface area contributed by atoms with Gasteiger partial charge in [0.25, 0.3) is 5.91 Å². The summed E-state index contributed by atoms with van der Waals surface area (Å²) < 4.78 is 50.0. The van der Waals surface area contributed by atoms with E-state index in [-0.39, 0.29) is 29.4 Å². The molecule has 190 valence electrons. The number of rotatable bonds is 4. The van der Waals surface area contributed by atoms with E-state index in [9.17, 15) is 18.0 Å². The van der Waals surface area contributed by atoms with Gasteiger partial charge < -0.3 is 9.64 Å². The van der Waals surface area contributed by atoms with Crippen LogP contribution in [-0.4, -0.2) is 48.5 Å². The van der Waals surface area contributed by atoms with Crippen LogP contribution in [0.25, 0.3) is 16.9 Å². The fourth-order valence-electron chi connectivity index (χ4n) is 5.56. The molecule has 2 aliphatic rings. The number of aromatic nitrogens is 5. The summed E-state index contributed by atoms with van der Waals surface area (Å²) in [5.41, 5.74) is 2.95. The van der Waals surface area contributed by atoms with Crippen LogP contribution in [0, 0.1) is 17.5 Å². The second kappa shape index (κ2) is 8.75. The summed E-state index contributed by atoms with van der Waals surface area (Å²) in [6.07, 6.45) is 4.31. The highest BCUT2D eigenvalue weighted by Gasteiger charge is 2.44. The Morgan fingerprint density at radius 2 is 1.86 bits per heavy atom. The summed E-state index contributed by atoms with van der Waals surface area (Å²) in [4.78, 5) is 19.7. The number of hydrogen-bond acceptors (Lipinski definition) is 5. The molecule has 0 spiro atoms. The van der Waals surface area contributed by atoms with Crippen LogP contribution in [0.15, 0.2) is 42.7 Å². The van der Waals surface area contributed by atoms with Crippen molar-refractivity contribution in [1.29, 1.82) is 0 Å². The van der Waals surface area contributed by atoms with Gasteiger partial charge in [0.2, 0.25) is 5.82 Å². The van der Waals surface area contributed by atoms with Gasteiger partial charge in [-0.15, -0.1) is 5.10 Å². The fraction of sp³-hybridized carbons (Fsp3) is 0.308. The molecule has 1 saturated heterocycles. The van der Waals surface area contributed by atoms with Crippen LogP contribution in [0.1, 0.15) is 47.2 Å². The first-order valence-electron chi connectivity index (χ1n) is 11.9. The molecule has 6 rings (SSSR count). The zero-order chi connectivity index (χ0) is 25.8. The maximum Gasteiger partial charge on any atom is 0.294 e.